The van der Waals surface area contributed by atoms with Crippen LogP contribution in [0, 0.1) is 19.8 Å². The molecule has 2 unspecified atom stereocenters. The number of aryl methyl sites for hydroxylation is 2. The van der Waals surface area contributed by atoms with Crippen molar-refractivity contribution in [3.63, 3.8) is 0 Å². The van der Waals surface area contributed by atoms with Gasteiger partial charge in [-0.2, -0.15) is 0 Å². The maximum absolute atomic E-state index is 6.66. The van der Waals surface area contributed by atoms with Gasteiger partial charge in [-0.1, -0.05) is 43.0 Å². The van der Waals surface area contributed by atoms with Crippen molar-refractivity contribution in [2.75, 3.05) is 6.61 Å². The van der Waals surface area contributed by atoms with Gasteiger partial charge < -0.3 is 10.5 Å². The Balaban J connectivity index is 1.76. The van der Waals surface area contributed by atoms with Crippen LogP contribution in [-0.2, 0) is 4.74 Å². The minimum Gasteiger partial charge on any atom is -0.375 e. The fourth-order valence-corrected chi connectivity index (χ4v) is 4.37. The summed E-state index contributed by atoms with van der Waals surface area (Å²) in [5.74, 6) is 0.568. The SMILES string of the molecule is Cc1ccc(C(N)C2CCOC3(CCCCC3)C2)c(C)c1. The summed E-state index contributed by atoms with van der Waals surface area (Å²) in [6.45, 7) is 5.23. The Hall–Kier alpha value is -0.860. The summed E-state index contributed by atoms with van der Waals surface area (Å²) in [7, 11) is 0. The topological polar surface area (TPSA) is 35.2 Å². The number of hydrogen-bond donors (Lipinski definition) is 1. The summed E-state index contributed by atoms with van der Waals surface area (Å²) < 4.78 is 6.22. The van der Waals surface area contributed by atoms with Crippen LogP contribution in [0.15, 0.2) is 18.2 Å². The van der Waals surface area contributed by atoms with Crippen LogP contribution >= 0.6 is 0 Å². The molecule has 1 spiro atoms. The lowest BCUT2D eigenvalue weighted by molar-refractivity contribution is -0.120. The highest BCUT2D eigenvalue weighted by molar-refractivity contribution is 5.33. The molecular weight excluding hydrogens is 258 g/mol. The van der Waals surface area contributed by atoms with Crippen molar-refractivity contribution in [2.45, 2.75) is 70.4 Å². The molecule has 1 aliphatic carbocycles. The van der Waals surface area contributed by atoms with E-state index in [0.717, 1.165) is 19.4 Å². The molecule has 2 aliphatic rings. The van der Waals surface area contributed by atoms with Crippen LogP contribution in [0.3, 0.4) is 0 Å². The number of rotatable bonds is 2. The molecule has 0 amide bonds. The van der Waals surface area contributed by atoms with Crippen LogP contribution in [0.1, 0.15) is 67.7 Å². The van der Waals surface area contributed by atoms with Crippen molar-refractivity contribution < 1.29 is 4.74 Å². The van der Waals surface area contributed by atoms with E-state index in [9.17, 15) is 0 Å². The fraction of sp³-hybridized carbons (Fsp3) is 0.684. The van der Waals surface area contributed by atoms with Gasteiger partial charge in [-0.15, -0.1) is 0 Å². The number of hydrogen-bond acceptors (Lipinski definition) is 2. The molecule has 1 heterocycles. The Morgan fingerprint density at radius 3 is 2.67 bits per heavy atom. The van der Waals surface area contributed by atoms with E-state index < -0.39 is 0 Å². The largest absolute Gasteiger partial charge is 0.375 e. The minimum atomic E-state index is 0.150. The average molecular weight is 287 g/mol. The summed E-state index contributed by atoms with van der Waals surface area (Å²) in [4.78, 5) is 0. The molecule has 1 aromatic rings. The van der Waals surface area contributed by atoms with E-state index in [4.69, 9.17) is 10.5 Å². The first kappa shape index (κ1) is 15.1. The molecule has 1 saturated carbocycles. The van der Waals surface area contributed by atoms with Crippen LogP contribution in [0.2, 0.25) is 0 Å². The van der Waals surface area contributed by atoms with Crippen molar-refractivity contribution in [3.05, 3.63) is 34.9 Å². The molecule has 2 N–H and O–H groups in total. The van der Waals surface area contributed by atoms with E-state index in [1.165, 1.54) is 48.8 Å². The first-order chi connectivity index (χ1) is 10.1. The van der Waals surface area contributed by atoms with Gasteiger partial charge in [0.2, 0.25) is 0 Å². The maximum atomic E-state index is 6.66. The molecule has 116 valence electrons. The summed E-state index contributed by atoms with van der Waals surface area (Å²) in [5.41, 5.74) is 10.8. The summed E-state index contributed by atoms with van der Waals surface area (Å²) >= 11 is 0. The molecule has 2 fully saturated rings. The van der Waals surface area contributed by atoms with E-state index in [1.807, 2.05) is 0 Å². The molecule has 0 bridgehead atoms. The van der Waals surface area contributed by atoms with Gasteiger partial charge in [-0.3, -0.25) is 0 Å². The van der Waals surface area contributed by atoms with Gasteiger partial charge in [-0.05, 0) is 56.6 Å². The molecular formula is C19H29NO. The van der Waals surface area contributed by atoms with Crippen molar-refractivity contribution in [1.82, 2.24) is 0 Å². The van der Waals surface area contributed by atoms with E-state index in [-0.39, 0.29) is 11.6 Å². The van der Waals surface area contributed by atoms with Gasteiger partial charge >= 0.3 is 0 Å². The molecule has 1 saturated heterocycles. The Morgan fingerprint density at radius 1 is 1.19 bits per heavy atom. The lowest BCUT2D eigenvalue weighted by Gasteiger charge is -2.45. The van der Waals surface area contributed by atoms with E-state index >= 15 is 0 Å². The van der Waals surface area contributed by atoms with Crippen molar-refractivity contribution in [1.29, 1.82) is 0 Å². The Bertz CT molecular complexity index is 485. The first-order valence-corrected chi connectivity index (χ1v) is 8.56. The normalized spacial score (nSPS) is 26.7. The standard InChI is InChI=1S/C19H29NO/c1-14-6-7-17(15(2)12-14)18(20)16-8-11-21-19(13-16)9-4-3-5-10-19/h6-7,12,16,18H,3-5,8-11,13,20H2,1-2H3. The highest BCUT2D eigenvalue weighted by Gasteiger charge is 2.40. The third-order valence-corrected chi connectivity index (χ3v) is 5.59. The zero-order chi connectivity index (χ0) is 14.9. The van der Waals surface area contributed by atoms with Crippen LogP contribution in [0.4, 0.5) is 0 Å². The van der Waals surface area contributed by atoms with Crippen LogP contribution in [-0.4, -0.2) is 12.2 Å². The van der Waals surface area contributed by atoms with Gasteiger partial charge in [0.25, 0.3) is 0 Å². The highest BCUT2D eigenvalue weighted by Crippen LogP contribution is 2.44. The fourth-order valence-electron chi connectivity index (χ4n) is 4.37. The molecule has 21 heavy (non-hydrogen) atoms. The van der Waals surface area contributed by atoms with Crippen LogP contribution in [0.25, 0.3) is 0 Å². The lowest BCUT2D eigenvalue weighted by Crippen LogP contribution is -2.44. The first-order valence-electron chi connectivity index (χ1n) is 8.56. The third kappa shape index (κ3) is 3.17. The maximum Gasteiger partial charge on any atom is 0.0685 e. The monoisotopic (exact) mass is 287 g/mol. The number of benzene rings is 1. The summed E-state index contributed by atoms with van der Waals surface area (Å²) in [6, 6.07) is 6.84. The number of nitrogens with two attached hydrogens (primary N) is 1. The molecule has 2 atom stereocenters. The quantitative estimate of drug-likeness (QED) is 0.873. The van der Waals surface area contributed by atoms with E-state index in [1.54, 1.807) is 0 Å². The van der Waals surface area contributed by atoms with E-state index in [2.05, 4.69) is 32.0 Å². The van der Waals surface area contributed by atoms with Gasteiger partial charge in [-0.25, -0.2) is 0 Å². The Labute approximate surface area is 129 Å². The Morgan fingerprint density at radius 2 is 1.95 bits per heavy atom. The van der Waals surface area contributed by atoms with Gasteiger partial charge in [0.15, 0.2) is 0 Å². The second-order valence-corrected chi connectivity index (χ2v) is 7.23. The smallest absolute Gasteiger partial charge is 0.0685 e. The zero-order valence-electron chi connectivity index (χ0n) is 13.5. The molecule has 1 aromatic carbocycles. The predicted octanol–water partition coefficient (Wildman–Crippen LogP) is 4.43. The third-order valence-electron chi connectivity index (χ3n) is 5.59. The predicted molar refractivity (Wildman–Crippen MR) is 87.3 cm³/mol. The second-order valence-electron chi connectivity index (χ2n) is 7.23. The molecule has 2 nitrogen and oxygen atoms in total. The zero-order valence-corrected chi connectivity index (χ0v) is 13.5. The van der Waals surface area contributed by atoms with Gasteiger partial charge in [0.05, 0.1) is 5.60 Å². The minimum absolute atomic E-state index is 0.150. The summed E-state index contributed by atoms with van der Waals surface area (Å²) in [6.07, 6.45) is 8.76. The van der Waals surface area contributed by atoms with Crippen LogP contribution < -0.4 is 5.73 Å². The average Bonchev–Trinajstić information content (AvgIpc) is 2.47. The molecule has 0 aromatic heterocycles. The molecule has 3 rings (SSSR count). The highest BCUT2D eigenvalue weighted by atomic mass is 16.5. The van der Waals surface area contributed by atoms with Gasteiger partial charge in [0, 0.05) is 12.6 Å². The van der Waals surface area contributed by atoms with Crippen molar-refractivity contribution in [2.24, 2.45) is 11.7 Å². The molecule has 1 aliphatic heterocycles. The molecule has 0 radical (unpaired) electrons. The Kier molecular flexibility index (Phi) is 4.37. The van der Waals surface area contributed by atoms with E-state index in [0.29, 0.717) is 5.92 Å². The second kappa shape index (κ2) is 6.10. The van der Waals surface area contributed by atoms with Crippen LogP contribution in [0.5, 0.6) is 0 Å². The molecule has 2 heteroatoms. The lowest BCUT2D eigenvalue weighted by atomic mass is 9.73. The van der Waals surface area contributed by atoms with Crippen molar-refractivity contribution in [3.8, 4) is 0 Å². The van der Waals surface area contributed by atoms with Crippen molar-refractivity contribution >= 4 is 0 Å². The summed E-state index contributed by atoms with van der Waals surface area (Å²) in [5, 5.41) is 0. The number of ether oxygens (including phenoxy) is 1. The van der Waals surface area contributed by atoms with Gasteiger partial charge in [0.1, 0.15) is 0 Å².